The summed E-state index contributed by atoms with van der Waals surface area (Å²) < 4.78 is 4.54. The maximum absolute atomic E-state index is 10.0. The number of hydrogen-bond acceptors (Lipinski definition) is 2. The van der Waals surface area contributed by atoms with Gasteiger partial charge in [-0.3, -0.25) is 0 Å². The van der Waals surface area contributed by atoms with Gasteiger partial charge in [-0.2, -0.15) is 10.5 Å². The van der Waals surface area contributed by atoms with E-state index in [0.717, 1.165) is 77.6 Å². The first-order valence-corrected chi connectivity index (χ1v) is 18.0. The second-order valence-corrected chi connectivity index (χ2v) is 13.5. The van der Waals surface area contributed by atoms with Crippen molar-refractivity contribution in [2.75, 3.05) is 0 Å². The summed E-state index contributed by atoms with van der Waals surface area (Å²) in [6.45, 7) is 0. The Morgan fingerprint density at radius 3 is 1.63 bits per heavy atom. The number of benzene rings is 8. The van der Waals surface area contributed by atoms with Crippen molar-refractivity contribution in [3.05, 3.63) is 193 Å². The van der Waals surface area contributed by atoms with Gasteiger partial charge in [-0.25, -0.2) is 0 Å². The average molecular weight is 687 g/mol. The van der Waals surface area contributed by atoms with Gasteiger partial charge in [-0.15, -0.1) is 0 Å². The summed E-state index contributed by atoms with van der Waals surface area (Å²) in [4.78, 5) is 0. The van der Waals surface area contributed by atoms with Crippen LogP contribution < -0.4 is 0 Å². The second-order valence-electron chi connectivity index (χ2n) is 13.5. The maximum atomic E-state index is 10.0. The van der Waals surface area contributed by atoms with Crippen LogP contribution in [0.5, 0.6) is 0 Å². The highest BCUT2D eigenvalue weighted by molar-refractivity contribution is 6.15. The zero-order valence-corrected chi connectivity index (χ0v) is 29.1. The lowest BCUT2D eigenvalue weighted by Crippen LogP contribution is -1.97. The fourth-order valence-electron chi connectivity index (χ4n) is 8.27. The van der Waals surface area contributed by atoms with Gasteiger partial charge in [0.2, 0.25) is 0 Å². The molecule has 2 heterocycles. The van der Waals surface area contributed by atoms with E-state index >= 15 is 0 Å². The summed E-state index contributed by atoms with van der Waals surface area (Å²) in [6.07, 6.45) is 0. The van der Waals surface area contributed by atoms with E-state index in [1.54, 1.807) is 0 Å². The zero-order chi connectivity index (χ0) is 36.2. The minimum atomic E-state index is 0.636. The quantitative estimate of drug-likeness (QED) is 0.181. The van der Waals surface area contributed by atoms with Gasteiger partial charge in [0.05, 0.1) is 45.0 Å². The second kappa shape index (κ2) is 12.5. The van der Waals surface area contributed by atoms with E-state index in [2.05, 4.69) is 155 Å². The van der Waals surface area contributed by atoms with Gasteiger partial charge in [-0.1, -0.05) is 121 Å². The molecule has 10 aromatic rings. The first kappa shape index (κ1) is 31.1. The predicted molar refractivity (Wildman–Crippen MR) is 221 cm³/mol. The van der Waals surface area contributed by atoms with Crippen molar-refractivity contribution in [2.24, 2.45) is 0 Å². The van der Waals surface area contributed by atoms with Crippen LogP contribution in [0.15, 0.2) is 182 Å². The van der Waals surface area contributed by atoms with E-state index in [1.165, 1.54) is 10.8 Å². The van der Waals surface area contributed by atoms with Crippen molar-refractivity contribution in [3.8, 4) is 56.9 Å². The summed E-state index contributed by atoms with van der Waals surface area (Å²) in [5.74, 6) is 0. The van der Waals surface area contributed by atoms with Crippen LogP contribution in [0.25, 0.3) is 88.4 Å². The molecule has 0 unspecified atom stereocenters. The van der Waals surface area contributed by atoms with Gasteiger partial charge in [-0.05, 0) is 88.5 Å². The molecule has 0 fully saturated rings. The lowest BCUT2D eigenvalue weighted by Gasteiger charge is -2.17. The van der Waals surface area contributed by atoms with Gasteiger partial charge in [0.25, 0.3) is 0 Å². The highest BCUT2D eigenvalue weighted by Gasteiger charge is 2.21. The number of hydrogen-bond donors (Lipinski definition) is 0. The molecule has 250 valence electrons. The molecule has 0 atom stereocenters. The molecule has 0 aliphatic rings. The minimum Gasteiger partial charge on any atom is -0.309 e. The van der Waals surface area contributed by atoms with Crippen molar-refractivity contribution in [1.29, 1.82) is 10.5 Å². The maximum Gasteiger partial charge on any atom is 0.101 e. The summed E-state index contributed by atoms with van der Waals surface area (Å²) >= 11 is 0. The number of fused-ring (bicyclic) bond motifs is 6. The average Bonchev–Trinajstić information content (AvgIpc) is 3.76. The zero-order valence-electron chi connectivity index (χ0n) is 29.1. The van der Waals surface area contributed by atoms with Crippen LogP contribution >= 0.6 is 0 Å². The summed E-state index contributed by atoms with van der Waals surface area (Å²) in [6, 6.07) is 67.9. The standard InChI is InChI=1S/C50H30N4/c51-31-33-24-27-36(28-25-33)53-47-22-9-6-17-41(47)44-20-11-19-43(50(44)53)40-16-5-4-15-39(40)38-14-3-2-13-37(38)34-26-29-49-45(30-34)42-18-7-10-23-48(42)54(49)46-21-8-1-12-35(46)32-52/h1-30H. The first-order chi connectivity index (χ1) is 26.7. The molecule has 0 radical (unpaired) electrons. The van der Waals surface area contributed by atoms with Crippen molar-refractivity contribution < 1.29 is 0 Å². The molecule has 0 saturated carbocycles. The molecular weight excluding hydrogens is 657 g/mol. The lowest BCUT2D eigenvalue weighted by atomic mass is 9.88. The monoisotopic (exact) mass is 686 g/mol. The molecular formula is C50H30N4. The molecule has 2 aromatic heterocycles. The third-order valence-electron chi connectivity index (χ3n) is 10.6. The molecule has 4 nitrogen and oxygen atoms in total. The third kappa shape index (κ3) is 4.76. The number of rotatable bonds is 5. The Labute approximate surface area is 312 Å². The van der Waals surface area contributed by atoms with E-state index in [9.17, 15) is 10.5 Å². The minimum absolute atomic E-state index is 0.636. The van der Waals surface area contributed by atoms with Gasteiger partial charge < -0.3 is 9.13 Å². The van der Waals surface area contributed by atoms with E-state index in [0.29, 0.717) is 11.1 Å². The van der Waals surface area contributed by atoms with Crippen molar-refractivity contribution in [2.45, 2.75) is 0 Å². The van der Waals surface area contributed by atoms with Crippen LogP contribution in [-0.2, 0) is 0 Å². The van der Waals surface area contributed by atoms with Crippen molar-refractivity contribution in [1.82, 2.24) is 9.13 Å². The molecule has 0 N–H and O–H groups in total. The van der Waals surface area contributed by atoms with Crippen molar-refractivity contribution in [3.63, 3.8) is 0 Å². The third-order valence-corrected chi connectivity index (χ3v) is 10.6. The molecule has 4 heteroatoms. The van der Waals surface area contributed by atoms with Crippen LogP contribution in [0, 0.1) is 22.7 Å². The van der Waals surface area contributed by atoms with Gasteiger partial charge in [0.1, 0.15) is 6.07 Å². The Morgan fingerprint density at radius 2 is 0.907 bits per heavy atom. The predicted octanol–water partition coefficient (Wildman–Crippen LogP) is 12.6. The van der Waals surface area contributed by atoms with Crippen LogP contribution in [0.2, 0.25) is 0 Å². The lowest BCUT2D eigenvalue weighted by molar-refractivity contribution is 1.17. The Bertz CT molecular complexity index is 3180. The van der Waals surface area contributed by atoms with E-state index in [4.69, 9.17) is 0 Å². The molecule has 0 spiro atoms. The molecule has 0 amide bonds. The highest BCUT2D eigenvalue weighted by atomic mass is 15.0. The van der Waals surface area contributed by atoms with Gasteiger partial charge >= 0.3 is 0 Å². The van der Waals surface area contributed by atoms with Gasteiger partial charge in [0, 0.05) is 32.8 Å². The Morgan fingerprint density at radius 1 is 0.370 bits per heavy atom. The van der Waals surface area contributed by atoms with Crippen LogP contribution in [0.4, 0.5) is 0 Å². The summed E-state index contributed by atoms with van der Waals surface area (Å²) in [7, 11) is 0. The summed E-state index contributed by atoms with van der Waals surface area (Å²) in [5, 5.41) is 24.2. The molecule has 10 rings (SSSR count). The van der Waals surface area contributed by atoms with E-state index in [1.807, 2.05) is 48.5 Å². The summed E-state index contributed by atoms with van der Waals surface area (Å²) in [5.41, 5.74) is 14.3. The molecule has 0 aliphatic carbocycles. The molecule has 8 aromatic carbocycles. The Kier molecular flexibility index (Phi) is 7.22. The topological polar surface area (TPSA) is 57.4 Å². The Hall–Kier alpha value is -7.66. The van der Waals surface area contributed by atoms with E-state index in [-0.39, 0.29) is 0 Å². The SMILES string of the molecule is N#Cc1ccc(-n2c3ccccc3c3cccc(-c4ccccc4-c4ccccc4-c4ccc5c(c4)c4ccccc4n5-c4ccccc4C#N)c32)cc1. The highest BCUT2D eigenvalue weighted by Crippen LogP contribution is 2.44. The number of nitriles is 2. The number of nitrogens with zero attached hydrogens (tertiary/aromatic N) is 4. The molecule has 0 saturated heterocycles. The Balaban J connectivity index is 1.19. The van der Waals surface area contributed by atoms with Crippen LogP contribution in [0.3, 0.4) is 0 Å². The van der Waals surface area contributed by atoms with Gasteiger partial charge in [0.15, 0.2) is 0 Å². The molecule has 0 bridgehead atoms. The largest absolute Gasteiger partial charge is 0.309 e. The molecule has 0 aliphatic heterocycles. The van der Waals surface area contributed by atoms with Crippen molar-refractivity contribution >= 4 is 43.6 Å². The van der Waals surface area contributed by atoms with E-state index < -0.39 is 0 Å². The number of para-hydroxylation sites is 4. The van der Waals surface area contributed by atoms with Crippen LogP contribution in [-0.4, -0.2) is 9.13 Å². The number of aromatic nitrogens is 2. The normalized spacial score (nSPS) is 11.3. The molecule has 54 heavy (non-hydrogen) atoms. The first-order valence-electron chi connectivity index (χ1n) is 18.0. The fourth-order valence-corrected chi connectivity index (χ4v) is 8.27. The van der Waals surface area contributed by atoms with Crippen LogP contribution in [0.1, 0.15) is 11.1 Å². The smallest absolute Gasteiger partial charge is 0.101 e. The fraction of sp³-hybridized carbons (Fsp3) is 0.